The molecule has 0 radical (unpaired) electrons. The Kier molecular flexibility index (Phi) is 5.19. The molecule has 0 aliphatic heterocycles. The summed E-state index contributed by atoms with van der Waals surface area (Å²) < 4.78 is 1.93. The van der Waals surface area contributed by atoms with Crippen LogP contribution < -0.4 is 5.32 Å². The predicted octanol–water partition coefficient (Wildman–Crippen LogP) is 3.78. The molecule has 1 aromatic heterocycles. The van der Waals surface area contributed by atoms with E-state index in [1.807, 2.05) is 11.7 Å². The SMILES string of the molecule is CCC(CC)(CC)NCc1cn(C)nc1C(C)(C)C. The molecule has 1 heterocycles. The summed E-state index contributed by atoms with van der Waals surface area (Å²) >= 11 is 0. The van der Waals surface area contributed by atoms with Gasteiger partial charge in [0.2, 0.25) is 0 Å². The highest BCUT2D eigenvalue weighted by Gasteiger charge is 2.26. The number of rotatable bonds is 6. The van der Waals surface area contributed by atoms with Crippen LogP contribution in [0.5, 0.6) is 0 Å². The standard InChI is InChI=1S/C16H31N3/c1-8-16(9-2,10-3)17-11-13-12-19(7)18-14(13)15(4,5)6/h12,17H,8-11H2,1-7H3. The molecule has 1 aromatic rings. The first-order chi connectivity index (χ1) is 8.78. The van der Waals surface area contributed by atoms with Crippen LogP contribution in [-0.4, -0.2) is 15.3 Å². The highest BCUT2D eigenvalue weighted by atomic mass is 15.3. The van der Waals surface area contributed by atoms with Crippen LogP contribution >= 0.6 is 0 Å². The summed E-state index contributed by atoms with van der Waals surface area (Å²) in [5, 5.41) is 8.41. The Morgan fingerprint density at radius 1 is 1.11 bits per heavy atom. The fraction of sp³-hybridized carbons (Fsp3) is 0.812. The van der Waals surface area contributed by atoms with Crippen molar-refractivity contribution in [1.29, 1.82) is 0 Å². The van der Waals surface area contributed by atoms with Crippen LogP contribution in [0.3, 0.4) is 0 Å². The molecular weight excluding hydrogens is 234 g/mol. The normalized spacial score (nSPS) is 13.0. The molecule has 3 heteroatoms. The van der Waals surface area contributed by atoms with Crippen LogP contribution in [0.2, 0.25) is 0 Å². The fourth-order valence-electron chi connectivity index (χ4n) is 2.71. The van der Waals surface area contributed by atoms with Crippen molar-refractivity contribution in [2.75, 3.05) is 0 Å². The Morgan fingerprint density at radius 2 is 1.63 bits per heavy atom. The van der Waals surface area contributed by atoms with Gasteiger partial charge in [-0.25, -0.2) is 0 Å². The van der Waals surface area contributed by atoms with E-state index in [1.54, 1.807) is 0 Å². The van der Waals surface area contributed by atoms with E-state index in [0.29, 0.717) is 0 Å². The second-order valence-electron chi connectivity index (χ2n) is 6.62. The van der Waals surface area contributed by atoms with Gasteiger partial charge in [-0.05, 0) is 19.3 Å². The molecule has 110 valence electrons. The van der Waals surface area contributed by atoms with Crippen LogP contribution in [0.25, 0.3) is 0 Å². The van der Waals surface area contributed by atoms with Gasteiger partial charge in [-0.3, -0.25) is 4.68 Å². The van der Waals surface area contributed by atoms with Crippen molar-refractivity contribution in [2.24, 2.45) is 7.05 Å². The van der Waals surface area contributed by atoms with Crippen molar-refractivity contribution in [3.8, 4) is 0 Å². The highest BCUT2D eigenvalue weighted by Crippen LogP contribution is 2.26. The van der Waals surface area contributed by atoms with Gasteiger partial charge in [-0.1, -0.05) is 41.5 Å². The number of nitrogens with zero attached hydrogens (tertiary/aromatic N) is 2. The Morgan fingerprint density at radius 3 is 2.05 bits per heavy atom. The van der Waals surface area contributed by atoms with Crippen molar-refractivity contribution < 1.29 is 0 Å². The Labute approximate surface area is 118 Å². The zero-order valence-electron chi connectivity index (χ0n) is 13.8. The molecule has 0 atom stereocenters. The number of nitrogens with one attached hydrogen (secondary N) is 1. The lowest BCUT2D eigenvalue weighted by molar-refractivity contribution is 0.287. The molecule has 0 saturated heterocycles. The van der Waals surface area contributed by atoms with Gasteiger partial charge in [0, 0.05) is 36.3 Å². The molecule has 0 aromatic carbocycles. The molecule has 0 spiro atoms. The molecule has 0 saturated carbocycles. The van der Waals surface area contributed by atoms with Crippen LogP contribution in [0.15, 0.2) is 6.20 Å². The van der Waals surface area contributed by atoms with E-state index in [9.17, 15) is 0 Å². The Balaban J connectivity index is 2.89. The quantitative estimate of drug-likeness (QED) is 0.848. The topological polar surface area (TPSA) is 29.9 Å². The van der Waals surface area contributed by atoms with Crippen LogP contribution in [0, 0.1) is 0 Å². The minimum absolute atomic E-state index is 0.103. The van der Waals surface area contributed by atoms with E-state index >= 15 is 0 Å². The molecule has 0 amide bonds. The second kappa shape index (κ2) is 6.08. The van der Waals surface area contributed by atoms with Gasteiger partial charge in [-0.15, -0.1) is 0 Å². The zero-order chi connectivity index (χ0) is 14.7. The molecule has 0 fully saturated rings. The van der Waals surface area contributed by atoms with Gasteiger partial charge < -0.3 is 5.32 Å². The molecular formula is C16H31N3. The smallest absolute Gasteiger partial charge is 0.0722 e. The monoisotopic (exact) mass is 265 g/mol. The third kappa shape index (κ3) is 3.82. The summed E-state index contributed by atoms with van der Waals surface area (Å²) in [6.07, 6.45) is 5.67. The Bertz CT molecular complexity index is 386. The molecule has 0 aliphatic rings. The first-order valence-corrected chi connectivity index (χ1v) is 7.56. The van der Waals surface area contributed by atoms with Crippen molar-refractivity contribution in [2.45, 2.75) is 78.3 Å². The van der Waals surface area contributed by atoms with Crippen molar-refractivity contribution in [3.63, 3.8) is 0 Å². The highest BCUT2D eigenvalue weighted by molar-refractivity contribution is 5.24. The summed E-state index contributed by atoms with van der Waals surface area (Å²) in [7, 11) is 2.01. The third-order valence-corrected chi connectivity index (χ3v) is 4.30. The van der Waals surface area contributed by atoms with E-state index in [-0.39, 0.29) is 11.0 Å². The molecule has 0 unspecified atom stereocenters. The van der Waals surface area contributed by atoms with E-state index in [1.165, 1.54) is 30.5 Å². The minimum Gasteiger partial charge on any atom is -0.307 e. The van der Waals surface area contributed by atoms with Crippen molar-refractivity contribution in [1.82, 2.24) is 15.1 Å². The summed E-state index contributed by atoms with van der Waals surface area (Å²) in [5.41, 5.74) is 2.91. The van der Waals surface area contributed by atoms with Gasteiger partial charge in [0.25, 0.3) is 0 Å². The first-order valence-electron chi connectivity index (χ1n) is 7.56. The molecule has 1 N–H and O–H groups in total. The Hall–Kier alpha value is -0.830. The second-order valence-corrected chi connectivity index (χ2v) is 6.62. The minimum atomic E-state index is 0.103. The van der Waals surface area contributed by atoms with E-state index in [4.69, 9.17) is 0 Å². The molecule has 19 heavy (non-hydrogen) atoms. The molecule has 3 nitrogen and oxygen atoms in total. The summed E-state index contributed by atoms with van der Waals surface area (Å²) in [6, 6.07) is 0. The fourth-order valence-corrected chi connectivity index (χ4v) is 2.71. The third-order valence-electron chi connectivity index (χ3n) is 4.30. The number of hydrogen-bond acceptors (Lipinski definition) is 2. The maximum atomic E-state index is 4.64. The van der Waals surface area contributed by atoms with Crippen LogP contribution in [-0.2, 0) is 19.0 Å². The van der Waals surface area contributed by atoms with E-state index < -0.39 is 0 Å². The van der Waals surface area contributed by atoms with Crippen molar-refractivity contribution in [3.05, 3.63) is 17.5 Å². The average Bonchev–Trinajstić information content (AvgIpc) is 2.73. The maximum absolute atomic E-state index is 4.64. The van der Waals surface area contributed by atoms with Crippen LogP contribution in [0.4, 0.5) is 0 Å². The van der Waals surface area contributed by atoms with Gasteiger partial charge >= 0.3 is 0 Å². The molecule has 0 aliphatic carbocycles. The van der Waals surface area contributed by atoms with Crippen LogP contribution in [0.1, 0.15) is 72.1 Å². The first kappa shape index (κ1) is 16.2. The lowest BCUT2D eigenvalue weighted by atomic mass is 9.87. The summed E-state index contributed by atoms with van der Waals surface area (Å²) in [6.45, 7) is 14.4. The zero-order valence-corrected chi connectivity index (χ0v) is 13.8. The lowest BCUT2D eigenvalue weighted by Crippen LogP contribution is -2.43. The average molecular weight is 265 g/mol. The van der Waals surface area contributed by atoms with Crippen molar-refractivity contribution >= 4 is 0 Å². The van der Waals surface area contributed by atoms with Gasteiger partial charge in [0.05, 0.1) is 5.69 Å². The largest absolute Gasteiger partial charge is 0.307 e. The van der Waals surface area contributed by atoms with Gasteiger partial charge in [0.1, 0.15) is 0 Å². The van der Waals surface area contributed by atoms with E-state index in [0.717, 1.165) is 6.54 Å². The summed E-state index contributed by atoms with van der Waals surface area (Å²) in [4.78, 5) is 0. The van der Waals surface area contributed by atoms with E-state index in [2.05, 4.69) is 58.2 Å². The van der Waals surface area contributed by atoms with Gasteiger partial charge in [0.15, 0.2) is 0 Å². The van der Waals surface area contributed by atoms with Gasteiger partial charge in [-0.2, -0.15) is 5.10 Å². The maximum Gasteiger partial charge on any atom is 0.0722 e. The number of aromatic nitrogens is 2. The molecule has 0 bridgehead atoms. The molecule has 1 rings (SSSR count). The lowest BCUT2D eigenvalue weighted by Gasteiger charge is -2.32. The summed E-state index contributed by atoms with van der Waals surface area (Å²) in [5.74, 6) is 0. The number of aryl methyl sites for hydroxylation is 1. The number of hydrogen-bond donors (Lipinski definition) is 1. The predicted molar refractivity (Wildman–Crippen MR) is 82.4 cm³/mol.